The molecule has 9 aromatic rings. The Kier molecular flexibility index (Phi) is 3.70. The lowest BCUT2D eigenvalue weighted by Crippen LogP contribution is -2.55. The fourth-order valence-corrected chi connectivity index (χ4v) is 9.60. The van der Waals surface area contributed by atoms with E-state index in [0.29, 0.717) is 0 Å². The van der Waals surface area contributed by atoms with Gasteiger partial charge in [-0.3, -0.25) is 0 Å². The van der Waals surface area contributed by atoms with Crippen molar-refractivity contribution in [3.8, 4) is 27.9 Å². The number of aromatic nitrogens is 2. The van der Waals surface area contributed by atoms with Gasteiger partial charge in [-0.05, 0) is 62.7 Å². The number of nitrogens with zero attached hydrogens (tertiary/aromatic N) is 2. The lowest BCUT2D eigenvalue weighted by molar-refractivity contribution is 0.624. The highest BCUT2D eigenvalue weighted by Gasteiger charge is 2.47. The van der Waals surface area contributed by atoms with Gasteiger partial charge in [-0.25, -0.2) is 0 Å². The average molecular weight is 572 g/mol. The lowest BCUT2D eigenvalue weighted by atomic mass is 9.45. The molecule has 0 fully saturated rings. The maximum Gasteiger partial charge on any atom is 0.333 e. The van der Waals surface area contributed by atoms with Crippen molar-refractivity contribution in [3.63, 3.8) is 0 Å². The minimum atomic E-state index is -0.144. The molecule has 0 spiro atoms. The standard InChI is InChI=1S/C41H25BN2O/c1-41(2)29-18-7-5-13-24(29)34-27-16-10-19-30-37(27)43(40(34)41)31-21-22-11-3-4-12-23(22)33-26-15-9-17-28-36(26)44(42(30)35(31)33)38-25-14-6-8-20-32(25)45-39(28)38/h3-21H,1-2H3. The molecule has 0 saturated heterocycles. The lowest BCUT2D eigenvalue weighted by Gasteiger charge is -2.36. The van der Waals surface area contributed by atoms with E-state index < -0.39 is 0 Å². The number of hydrogen-bond donors (Lipinski definition) is 0. The molecule has 0 bridgehead atoms. The maximum atomic E-state index is 6.69. The molecule has 0 unspecified atom stereocenters. The minimum Gasteiger partial charge on any atom is -0.454 e. The number of benzene rings is 6. The third-order valence-electron chi connectivity index (χ3n) is 11.2. The van der Waals surface area contributed by atoms with Crippen LogP contribution in [0, 0.1) is 0 Å². The number of rotatable bonds is 0. The van der Waals surface area contributed by atoms with Gasteiger partial charge < -0.3 is 13.5 Å². The van der Waals surface area contributed by atoms with Crippen molar-refractivity contribution in [2.75, 3.05) is 0 Å². The Morgan fingerprint density at radius 3 is 2.29 bits per heavy atom. The van der Waals surface area contributed by atoms with Crippen LogP contribution in [0.1, 0.15) is 25.1 Å². The summed E-state index contributed by atoms with van der Waals surface area (Å²) < 4.78 is 12.0. The third kappa shape index (κ3) is 2.36. The van der Waals surface area contributed by atoms with E-state index >= 15 is 0 Å². The second-order valence-corrected chi connectivity index (χ2v) is 13.6. The van der Waals surface area contributed by atoms with Crippen molar-refractivity contribution >= 4 is 72.4 Å². The van der Waals surface area contributed by atoms with Gasteiger partial charge in [0.1, 0.15) is 5.58 Å². The second-order valence-electron chi connectivity index (χ2n) is 13.6. The van der Waals surface area contributed by atoms with Crippen LogP contribution in [0.5, 0.6) is 0 Å². The van der Waals surface area contributed by atoms with E-state index in [0.717, 1.165) is 11.2 Å². The monoisotopic (exact) mass is 572 g/mol. The van der Waals surface area contributed by atoms with Crippen LogP contribution < -0.4 is 10.9 Å². The Morgan fingerprint density at radius 2 is 1.36 bits per heavy atom. The molecule has 12 rings (SSSR count). The molecular weight excluding hydrogens is 547 g/mol. The first-order valence-electron chi connectivity index (χ1n) is 15.9. The Bertz CT molecular complexity index is 2860. The summed E-state index contributed by atoms with van der Waals surface area (Å²) in [7, 11) is 0. The quantitative estimate of drug-likeness (QED) is 0.167. The van der Waals surface area contributed by atoms with Gasteiger partial charge in [0.2, 0.25) is 0 Å². The van der Waals surface area contributed by atoms with Gasteiger partial charge >= 0.3 is 6.85 Å². The highest BCUT2D eigenvalue weighted by atomic mass is 16.3. The van der Waals surface area contributed by atoms with E-state index in [4.69, 9.17) is 4.42 Å². The summed E-state index contributed by atoms with van der Waals surface area (Å²) >= 11 is 0. The number of fused-ring (bicyclic) bond motifs is 16. The van der Waals surface area contributed by atoms with Gasteiger partial charge in [0, 0.05) is 49.6 Å². The topological polar surface area (TPSA) is 23.0 Å². The van der Waals surface area contributed by atoms with Gasteiger partial charge in [0.15, 0.2) is 5.58 Å². The molecule has 0 N–H and O–H groups in total. The first-order valence-corrected chi connectivity index (χ1v) is 15.9. The summed E-state index contributed by atoms with van der Waals surface area (Å²) in [5.74, 6) is 0. The molecule has 0 saturated carbocycles. The van der Waals surface area contributed by atoms with Crippen LogP contribution in [0.2, 0.25) is 0 Å². The van der Waals surface area contributed by atoms with Gasteiger partial charge in [-0.1, -0.05) is 105 Å². The van der Waals surface area contributed by atoms with Crippen molar-refractivity contribution in [3.05, 3.63) is 127 Å². The zero-order valence-corrected chi connectivity index (χ0v) is 24.8. The van der Waals surface area contributed by atoms with E-state index in [-0.39, 0.29) is 12.3 Å². The van der Waals surface area contributed by atoms with Gasteiger partial charge in [-0.2, -0.15) is 0 Å². The molecule has 0 atom stereocenters. The van der Waals surface area contributed by atoms with Gasteiger partial charge in [0.25, 0.3) is 0 Å². The minimum absolute atomic E-state index is 0.0140. The predicted molar refractivity (Wildman–Crippen MR) is 187 cm³/mol. The van der Waals surface area contributed by atoms with Crippen molar-refractivity contribution in [2.24, 2.45) is 0 Å². The van der Waals surface area contributed by atoms with Crippen LogP contribution in [0.4, 0.5) is 0 Å². The first kappa shape index (κ1) is 23.0. The van der Waals surface area contributed by atoms with Gasteiger partial charge in [0.05, 0.1) is 11.0 Å². The molecule has 3 aliphatic rings. The van der Waals surface area contributed by atoms with Crippen molar-refractivity contribution in [1.29, 1.82) is 0 Å². The van der Waals surface area contributed by atoms with E-state index in [2.05, 4.69) is 138 Å². The molecular formula is C41H25BN2O. The van der Waals surface area contributed by atoms with E-state index in [1.54, 1.807) is 0 Å². The summed E-state index contributed by atoms with van der Waals surface area (Å²) in [6.07, 6.45) is 0. The van der Waals surface area contributed by atoms with Crippen molar-refractivity contribution in [1.82, 2.24) is 9.05 Å². The van der Waals surface area contributed by atoms with Crippen molar-refractivity contribution < 1.29 is 4.42 Å². The molecule has 0 radical (unpaired) electrons. The molecule has 45 heavy (non-hydrogen) atoms. The summed E-state index contributed by atoms with van der Waals surface area (Å²) in [5.41, 5.74) is 17.8. The summed E-state index contributed by atoms with van der Waals surface area (Å²) in [4.78, 5) is 0. The molecule has 1 aliphatic carbocycles. The molecule has 208 valence electrons. The Labute approximate surface area is 259 Å². The maximum absolute atomic E-state index is 6.69. The normalized spacial score (nSPS) is 15.0. The summed E-state index contributed by atoms with van der Waals surface area (Å²) in [6.45, 7) is 4.83. The Hall–Kier alpha value is -5.48. The third-order valence-corrected chi connectivity index (χ3v) is 11.2. The fraction of sp³-hybridized carbons (Fsp3) is 0.0732. The molecule has 6 aromatic carbocycles. The van der Waals surface area contributed by atoms with E-state index in [9.17, 15) is 0 Å². The predicted octanol–water partition coefficient (Wildman–Crippen LogP) is 8.89. The fourth-order valence-electron chi connectivity index (χ4n) is 9.60. The number of hydrogen-bond acceptors (Lipinski definition) is 1. The van der Waals surface area contributed by atoms with Crippen LogP contribution in [0.25, 0.3) is 82.6 Å². The van der Waals surface area contributed by atoms with Crippen molar-refractivity contribution in [2.45, 2.75) is 19.3 Å². The first-order chi connectivity index (χ1) is 22.1. The Balaban J connectivity index is 1.37. The zero-order chi connectivity index (χ0) is 29.3. The van der Waals surface area contributed by atoms with Crippen LogP contribution >= 0.6 is 0 Å². The van der Waals surface area contributed by atoms with E-state index in [1.807, 2.05) is 0 Å². The molecule has 2 aliphatic heterocycles. The number of para-hydroxylation sites is 3. The van der Waals surface area contributed by atoms with Crippen LogP contribution in [-0.4, -0.2) is 15.9 Å². The summed E-state index contributed by atoms with van der Waals surface area (Å²) in [5, 5.41) is 6.29. The average Bonchev–Trinajstić information content (AvgIpc) is 3.78. The molecule has 5 heterocycles. The SMILES string of the molecule is CC1(C)c2ccccc2-c2c1n1c3c(cccc23)B2c3c-1cc1ccccc1c3-c1cccc3c4oc5ccccc5c4n2c13. The Morgan fingerprint density at radius 1 is 0.622 bits per heavy atom. The van der Waals surface area contributed by atoms with Crippen LogP contribution in [-0.2, 0) is 5.41 Å². The van der Waals surface area contributed by atoms with Crippen LogP contribution in [0.15, 0.2) is 120 Å². The van der Waals surface area contributed by atoms with Gasteiger partial charge in [-0.15, -0.1) is 0 Å². The van der Waals surface area contributed by atoms with E-state index in [1.165, 1.54) is 93.6 Å². The zero-order valence-electron chi connectivity index (χ0n) is 24.8. The second kappa shape index (κ2) is 7.25. The molecule has 0 amide bonds. The number of furan rings is 1. The summed E-state index contributed by atoms with van der Waals surface area (Å²) in [6, 6.07) is 42.8. The highest BCUT2D eigenvalue weighted by molar-refractivity contribution is 6.90. The largest absolute Gasteiger partial charge is 0.454 e. The smallest absolute Gasteiger partial charge is 0.333 e. The highest BCUT2D eigenvalue weighted by Crippen LogP contribution is 2.55. The van der Waals surface area contributed by atoms with Crippen LogP contribution in [0.3, 0.4) is 0 Å². The molecule has 3 nitrogen and oxygen atoms in total. The molecule has 4 heteroatoms. The molecule has 3 aromatic heterocycles.